The molecule has 3 N–H and O–H groups in total. The molecule has 2 atom stereocenters. The van der Waals surface area contributed by atoms with Crippen molar-refractivity contribution >= 4 is 5.97 Å². The van der Waals surface area contributed by atoms with E-state index >= 15 is 0 Å². The van der Waals surface area contributed by atoms with Crippen molar-refractivity contribution < 1.29 is 23.1 Å². The number of hydrogen-bond acceptors (Lipinski definition) is 2. The van der Waals surface area contributed by atoms with E-state index in [1.165, 1.54) is 12.1 Å². The molecule has 0 amide bonds. The highest BCUT2D eigenvalue weighted by Gasteiger charge is 2.29. The summed E-state index contributed by atoms with van der Waals surface area (Å²) in [4.78, 5) is 10.9. The van der Waals surface area contributed by atoms with Gasteiger partial charge in [-0.2, -0.15) is 13.2 Å². The van der Waals surface area contributed by atoms with E-state index in [0.29, 0.717) is 12.8 Å². The van der Waals surface area contributed by atoms with Crippen LogP contribution >= 0.6 is 0 Å². The Labute approximate surface area is 122 Å². The van der Waals surface area contributed by atoms with Crippen LogP contribution in [0.3, 0.4) is 0 Å². The highest BCUT2D eigenvalue weighted by atomic mass is 19.4. The van der Waals surface area contributed by atoms with E-state index in [4.69, 9.17) is 10.8 Å². The van der Waals surface area contributed by atoms with E-state index in [2.05, 4.69) is 0 Å². The maximum absolute atomic E-state index is 12.4. The Morgan fingerprint density at radius 3 is 2.29 bits per heavy atom. The zero-order chi connectivity index (χ0) is 16.0. The molecule has 0 saturated carbocycles. The highest BCUT2D eigenvalue weighted by Crippen LogP contribution is 2.29. The van der Waals surface area contributed by atoms with Crippen LogP contribution in [-0.2, 0) is 17.4 Å². The smallest absolute Gasteiger partial charge is 0.416 e. The van der Waals surface area contributed by atoms with Gasteiger partial charge in [0.25, 0.3) is 0 Å². The van der Waals surface area contributed by atoms with Crippen molar-refractivity contribution in [3.8, 4) is 0 Å². The molecule has 1 aromatic carbocycles. The molecule has 0 spiro atoms. The Balaban J connectivity index is 2.50. The summed E-state index contributed by atoms with van der Waals surface area (Å²) < 4.78 is 37.3. The number of halogens is 3. The van der Waals surface area contributed by atoms with Crippen molar-refractivity contribution in [2.75, 3.05) is 6.54 Å². The second-order valence-electron chi connectivity index (χ2n) is 5.35. The van der Waals surface area contributed by atoms with Crippen LogP contribution in [0.2, 0.25) is 0 Å². The number of aryl methyl sites for hydroxylation is 1. The maximum Gasteiger partial charge on any atom is 0.416 e. The predicted molar refractivity (Wildman–Crippen MR) is 73.7 cm³/mol. The molecule has 0 heterocycles. The lowest BCUT2D eigenvalue weighted by Crippen LogP contribution is -2.25. The van der Waals surface area contributed by atoms with Crippen molar-refractivity contribution in [2.45, 2.75) is 32.4 Å². The average Bonchev–Trinajstić information content (AvgIpc) is 2.41. The second-order valence-corrected chi connectivity index (χ2v) is 5.35. The Morgan fingerprint density at radius 2 is 1.86 bits per heavy atom. The number of alkyl halides is 3. The molecule has 0 aliphatic carbocycles. The van der Waals surface area contributed by atoms with Crippen molar-refractivity contribution in [2.24, 2.45) is 17.6 Å². The lowest BCUT2D eigenvalue weighted by Gasteiger charge is -2.16. The van der Waals surface area contributed by atoms with E-state index < -0.39 is 23.6 Å². The molecule has 0 aliphatic rings. The third kappa shape index (κ3) is 5.75. The second kappa shape index (κ2) is 7.45. The molecule has 0 saturated heterocycles. The van der Waals surface area contributed by atoms with Crippen molar-refractivity contribution in [1.29, 1.82) is 0 Å². The van der Waals surface area contributed by atoms with Gasteiger partial charge in [-0.1, -0.05) is 19.1 Å². The molecule has 3 nitrogen and oxygen atoms in total. The molecule has 1 aromatic rings. The normalized spacial score (nSPS) is 14.7. The minimum absolute atomic E-state index is 0.0972. The Morgan fingerprint density at radius 1 is 1.29 bits per heavy atom. The lowest BCUT2D eigenvalue weighted by atomic mass is 9.91. The molecule has 6 heteroatoms. The standard InChI is InChI=1S/C15H20F3NO2/c1-10(8-12(9-19)14(20)21)2-3-11-4-6-13(7-5-11)15(16,17)18/h4-7,10,12H,2-3,8-9,19H2,1H3,(H,20,21). The molecule has 21 heavy (non-hydrogen) atoms. The van der Waals surface area contributed by atoms with Gasteiger partial charge in [0.05, 0.1) is 11.5 Å². The number of carboxylic acid groups (broad SMARTS) is 1. The molecule has 0 fully saturated rings. The van der Waals surface area contributed by atoms with Crippen LogP contribution in [0.1, 0.15) is 30.9 Å². The molecular weight excluding hydrogens is 283 g/mol. The first-order chi connectivity index (χ1) is 9.74. The van der Waals surface area contributed by atoms with Gasteiger partial charge in [0.2, 0.25) is 0 Å². The average molecular weight is 303 g/mol. The number of aliphatic carboxylic acids is 1. The number of carboxylic acids is 1. The molecule has 0 aliphatic heterocycles. The van der Waals surface area contributed by atoms with E-state index in [1.807, 2.05) is 6.92 Å². The molecule has 1 rings (SSSR count). The van der Waals surface area contributed by atoms with Gasteiger partial charge in [-0.05, 0) is 42.9 Å². The summed E-state index contributed by atoms with van der Waals surface area (Å²) in [6.45, 7) is 2.02. The number of hydrogen-bond donors (Lipinski definition) is 2. The fourth-order valence-electron chi connectivity index (χ4n) is 2.17. The van der Waals surface area contributed by atoms with Gasteiger partial charge >= 0.3 is 12.1 Å². The zero-order valence-corrected chi connectivity index (χ0v) is 11.9. The van der Waals surface area contributed by atoms with Crippen LogP contribution < -0.4 is 5.73 Å². The van der Waals surface area contributed by atoms with Gasteiger partial charge in [0, 0.05) is 6.54 Å². The Bertz CT molecular complexity index is 457. The van der Waals surface area contributed by atoms with Gasteiger partial charge in [0.15, 0.2) is 0 Å². The highest BCUT2D eigenvalue weighted by molar-refractivity contribution is 5.70. The summed E-state index contributed by atoms with van der Waals surface area (Å²) in [6, 6.07) is 5.07. The third-order valence-corrected chi connectivity index (χ3v) is 3.53. The predicted octanol–water partition coefficient (Wildman–Crippen LogP) is 3.32. The van der Waals surface area contributed by atoms with E-state index in [1.54, 1.807) is 0 Å². The molecule has 2 unspecified atom stereocenters. The first kappa shape index (κ1) is 17.5. The van der Waals surface area contributed by atoms with Crippen molar-refractivity contribution in [1.82, 2.24) is 0 Å². The van der Waals surface area contributed by atoms with Crippen LogP contribution in [0, 0.1) is 11.8 Å². The van der Waals surface area contributed by atoms with Crippen LogP contribution in [0.15, 0.2) is 24.3 Å². The first-order valence-corrected chi connectivity index (χ1v) is 6.83. The van der Waals surface area contributed by atoms with Gasteiger partial charge in [-0.3, -0.25) is 4.79 Å². The summed E-state index contributed by atoms with van der Waals surface area (Å²) in [5.74, 6) is -1.32. The minimum Gasteiger partial charge on any atom is -0.481 e. The van der Waals surface area contributed by atoms with Crippen LogP contribution in [0.25, 0.3) is 0 Å². The van der Waals surface area contributed by atoms with Crippen LogP contribution in [0.4, 0.5) is 13.2 Å². The van der Waals surface area contributed by atoms with Crippen LogP contribution in [0.5, 0.6) is 0 Å². The lowest BCUT2D eigenvalue weighted by molar-refractivity contribution is -0.142. The summed E-state index contributed by atoms with van der Waals surface area (Å²) >= 11 is 0. The zero-order valence-electron chi connectivity index (χ0n) is 11.9. The third-order valence-electron chi connectivity index (χ3n) is 3.53. The van der Waals surface area contributed by atoms with Crippen molar-refractivity contribution in [3.63, 3.8) is 0 Å². The molecule has 0 aromatic heterocycles. The molecule has 0 radical (unpaired) electrons. The fourth-order valence-corrected chi connectivity index (χ4v) is 2.17. The Kier molecular flexibility index (Phi) is 6.20. The minimum atomic E-state index is -4.32. The summed E-state index contributed by atoms with van der Waals surface area (Å²) in [7, 11) is 0. The summed E-state index contributed by atoms with van der Waals surface area (Å²) in [5, 5.41) is 8.93. The largest absolute Gasteiger partial charge is 0.481 e. The topological polar surface area (TPSA) is 63.3 Å². The SMILES string of the molecule is CC(CCc1ccc(C(F)(F)F)cc1)CC(CN)C(=O)O. The first-order valence-electron chi connectivity index (χ1n) is 6.83. The van der Waals surface area contributed by atoms with E-state index in [9.17, 15) is 18.0 Å². The van der Waals surface area contributed by atoms with E-state index in [0.717, 1.165) is 24.1 Å². The fraction of sp³-hybridized carbons (Fsp3) is 0.533. The number of benzene rings is 1. The van der Waals surface area contributed by atoms with E-state index in [-0.39, 0.29) is 12.5 Å². The maximum atomic E-state index is 12.4. The Hall–Kier alpha value is -1.56. The molecular formula is C15H20F3NO2. The van der Waals surface area contributed by atoms with Crippen molar-refractivity contribution in [3.05, 3.63) is 35.4 Å². The summed E-state index contributed by atoms with van der Waals surface area (Å²) in [6.07, 6.45) is -2.50. The van der Waals surface area contributed by atoms with Gasteiger partial charge in [-0.25, -0.2) is 0 Å². The monoisotopic (exact) mass is 303 g/mol. The molecule has 0 bridgehead atoms. The number of carbonyl (C=O) groups is 1. The van der Waals surface area contributed by atoms with Gasteiger partial charge in [-0.15, -0.1) is 0 Å². The van der Waals surface area contributed by atoms with Gasteiger partial charge in [0.1, 0.15) is 0 Å². The molecule has 118 valence electrons. The number of nitrogens with two attached hydrogens (primary N) is 1. The summed E-state index contributed by atoms with van der Waals surface area (Å²) in [5.41, 5.74) is 5.55. The van der Waals surface area contributed by atoms with Gasteiger partial charge < -0.3 is 10.8 Å². The van der Waals surface area contributed by atoms with Crippen LogP contribution in [-0.4, -0.2) is 17.6 Å². The quantitative estimate of drug-likeness (QED) is 0.812. The number of rotatable bonds is 7.